The van der Waals surface area contributed by atoms with Crippen LogP contribution in [0.5, 0.6) is 0 Å². The number of aliphatic hydroxyl groups is 2. The summed E-state index contributed by atoms with van der Waals surface area (Å²) in [6.45, 7) is 2.98. The van der Waals surface area contributed by atoms with E-state index in [1.54, 1.807) is 18.2 Å². The third kappa shape index (κ3) is 3.49. The van der Waals surface area contributed by atoms with Crippen molar-refractivity contribution in [2.24, 2.45) is 0 Å². The maximum atomic E-state index is 12.1. The van der Waals surface area contributed by atoms with Gasteiger partial charge in [-0.2, -0.15) is 0 Å². The quantitative estimate of drug-likeness (QED) is 0.717. The monoisotopic (exact) mass is 353 g/mol. The van der Waals surface area contributed by atoms with E-state index in [1.165, 1.54) is 0 Å². The summed E-state index contributed by atoms with van der Waals surface area (Å²) in [6, 6.07) is 5.30. The SMILES string of the molecule is CCNCC(O)C(O)c1cccc2oc(=O)c3c(c12)CCCC3.Cl. The Morgan fingerprint density at radius 1 is 1.21 bits per heavy atom. The van der Waals surface area contributed by atoms with Crippen LogP contribution in [0.4, 0.5) is 0 Å². The second-order valence-electron chi connectivity index (χ2n) is 6.09. The van der Waals surface area contributed by atoms with Gasteiger partial charge in [0.25, 0.3) is 0 Å². The molecule has 0 spiro atoms. The van der Waals surface area contributed by atoms with Crippen molar-refractivity contribution >= 4 is 23.4 Å². The molecule has 2 unspecified atom stereocenters. The molecule has 1 heterocycles. The van der Waals surface area contributed by atoms with Crippen LogP contribution in [0.3, 0.4) is 0 Å². The van der Waals surface area contributed by atoms with E-state index in [2.05, 4.69) is 5.32 Å². The molecule has 1 aliphatic rings. The van der Waals surface area contributed by atoms with Crippen molar-refractivity contribution in [2.45, 2.75) is 44.8 Å². The summed E-state index contributed by atoms with van der Waals surface area (Å²) in [4.78, 5) is 12.1. The fourth-order valence-corrected chi connectivity index (χ4v) is 3.38. The zero-order valence-corrected chi connectivity index (χ0v) is 14.6. The Hall–Kier alpha value is -1.40. The van der Waals surface area contributed by atoms with E-state index in [-0.39, 0.29) is 18.0 Å². The van der Waals surface area contributed by atoms with Crippen LogP contribution in [0.25, 0.3) is 11.0 Å². The number of benzene rings is 1. The molecule has 0 amide bonds. The summed E-state index contributed by atoms with van der Waals surface area (Å²) in [5.74, 6) is 0. The number of aliphatic hydroxyl groups excluding tert-OH is 2. The molecule has 0 fully saturated rings. The first-order chi connectivity index (χ1) is 11.1. The molecule has 5 nitrogen and oxygen atoms in total. The lowest BCUT2D eigenvalue weighted by molar-refractivity contribution is 0.0202. The first kappa shape index (κ1) is 18.9. The number of likely N-dealkylation sites (N-methyl/N-ethyl adjacent to an activating group) is 1. The summed E-state index contributed by atoms with van der Waals surface area (Å²) in [6.07, 6.45) is 1.61. The van der Waals surface area contributed by atoms with E-state index in [1.807, 2.05) is 6.92 Å². The molecule has 6 heteroatoms. The number of hydrogen-bond donors (Lipinski definition) is 3. The first-order valence-corrected chi connectivity index (χ1v) is 8.27. The van der Waals surface area contributed by atoms with E-state index in [9.17, 15) is 15.0 Å². The van der Waals surface area contributed by atoms with Gasteiger partial charge in [-0.1, -0.05) is 19.1 Å². The van der Waals surface area contributed by atoms with Crippen LogP contribution >= 0.6 is 12.4 Å². The zero-order chi connectivity index (χ0) is 16.4. The smallest absolute Gasteiger partial charge is 0.339 e. The van der Waals surface area contributed by atoms with Crippen molar-refractivity contribution in [3.8, 4) is 0 Å². The lowest BCUT2D eigenvalue weighted by Gasteiger charge is -2.23. The van der Waals surface area contributed by atoms with Crippen LogP contribution in [0.2, 0.25) is 0 Å². The maximum Gasteiger partial charge on any atom is 0.339 e. The summed E-state index contributed by atoms with van der Waals surface area (Å²) in [5.41, 5.74) is 2.56. The Morgan fingerprint density at radius 2 is 1.92 bits per heavy atom. The second-order valence-corrected chi connectivity index (χ2v) is 6.09. The molecular weight excluding hydrogens is 330 g/mol. The number of aryl methyl sites for hydroxylation is 1. The molecule has 1 aromatic carbocycles. The minimum absolute atomic E-state index is 0. The van der Waals surface area contributed by atoms with Crippen LogP contribution in [-0.2, 0) is 12.8 Å². The number of halogens is 1. The Balaban J connectivity index is 0.00000208. The average Bonchev–Trinajstić information content (AvgIpc) is 2.58. The van der Waals surface area contributed by atoms with Gasteiger partial charge in [0.15, 0.2) is 0 Å². The number of fused-ring (bicyclic) bond motifs is 3. The molecular formula is C18H24ClNO4. The van der Waals surface area contributed by atoms with Crippen LogP contribution in [0.1, 0.15) is 42.6 Å². The minimum Gasteiger partial charge on any atom is -0.422 e. The molecule has 0 radical (unpaired) electrons. The average molecular weight is 354 g/mol. The van der Waals surface area contributed by atoms with Crippen LogP contribution in [-0.4, -0.2) is 29.4 Å². The molecule has 0 saturated heterocycles. The molecule has 3 N–H and O–H groups in total. The molecule has 2 aromatic rings. The number of nitrogens with one attached hydrogen (secondary N) is 1. The van der Waals surface area contributed by atoms with E-state index in [4.69, 9.17) is 4.42 Å². The highest BCUT2D eigenvalue weighted by Gasteiger charge is 2.25. The van der Waals surface area contributed by atoms with Gasteiger partial charge in [-0.25, -0.2) is 4.79 Å². The number of rotatable bonds is 5. The van der Waals surface area contributed by atoms with E-state index in [0.717, 1.165) is 48.7 Å². The van der Waals surface area contributed by atoms with Gasteiger partial charge in [-0.15, -0.1) is 12.4 Å². The third-order valence-corrected chi connectivity index (χ3v) is 4.56. The van der Waals surface area contributed by atoms with Gasteiger partial charge < -0.3 is 19.9 Å². The molecule has 132 valence electrons. The summed E-state index contributed by atoms with van der Waals surface area (Å²) < 4.78 is 5.45. The molecule has 0 saturated carbocycles. The highest BCUT2D eigenvalue weighted by molar-refractivity contribution is 5.86. The van der Waals surface area contributed by atoms with Crippen molar-refractivity contribution in [2.75, 3.05) is 13.1 Å². The van der Waals surface area contributed by atoms with Crippen LogP contribution in [0.15, 0.2) is 27.4 Å². The van der Waals surface area contributed by atoms with Crippen LogP contribution in [0, 0.1) is 0 Å². The molecule has 0 aliphatic heterocycles. The van der Waals surface area contributed by atoms with Gasteiger partial charge in [0.2, 0.25) is 0 Å². The van der Waals surface area contributed by atoms with E-state index in [0.29, 0.717) is 17.7 Å². The van der Waals surface area contributed by atoms with Crippen molar-refractivity contribution in [1.82, 2.24) is 5.32 Å². The Bertz CT molecular complexity index is 759. The largest absolute Gasteiger partial charge is 0.422 e. The van der Waals surface area contributed by atoms with Crippen molar-refractivity contribution in [1.29, 1.82) is 0 Å². The predicted molar refractivity (Wildman–Crippen MR) is 95.9 cm³/mol. The highest BCUT2D eigenvalue weighted by atomic mass is 35.5. The highest BCUT2D eigenvalue weighted by Crippen LogP contribution is 2.33. The van der Waals surface area contributed by atoms with E-state index < -0.39 is 12.2 Å². The zero-order valence-electron chi connectivity index (χ0n) is 13.7. The Labute approximate surface area is 147 Å². The van der Waals surface area contributed by atoms with Crippen molar-refractivity contribution in [3.63, 3.8) is 0 Å². The van der Waals surface area contributed by atoms with Gasteiger partial charge in [-0.05, 0) is 49.4 Å². The summed E-state index contributed by atoms with van der Waals surface area (Å²) in [5, 5.41) is 24.6. The first-order valence-electron chi connectivity index (χ1n) is 8.27. The molecule has 24 heavy (non-hydrogen) atoms. The minimum atomic E-state index is -1.02. The molecule has 2 atom stereocenters. The second kappa shape index (κ2) is 8.12. The topological polar surface area (TPSA) is 82.7 Å². The Morgan fingerprint density at radius 3 is 2.62 bits per heavy atom. The van der Waals surface area contributed by atoms with Crippen molar-refractivity contribution in [3.05, 3.63) is 45.3 Å². The molecule has 1 aliphatic carbocycles. The number of hydrogen-bond acceptors (Lipinski definition) is 5. The van der Waals surface area contributed by atoms with Gasteiger partial charge >= 0.3 is 5.63 Å². The van der Waals surface area contributed by atoms with Gasteiger partial charge in [0, 0.05) is 17.5 Å². The molecule has 1 aromatic heterocycles. The lowest BCUT2D eigenvalue weighted by atomic mass is 9.87. The molecule has 0 bridgehead atoms. The fraction of sp³-hybridized carbons (Fsp3) is 0.500. The van der Waals surface area contributed by atoms with Gasteiger partial charge in [0.05, 0.1) is 6.10 Å². The van der Waals surface area contributed by atoms with Gasteiger partial charge in [-0.3, -0.25) is 0 Å². The van der Waals surface area contributed by atoms with E-state index >= 15 is 0 Å². The van der Waals surface area contributed by atoms with Crippen LogP contribution < -0.4 is 10.9 Å². The third-order valence-electron chi connectivity index (χ3n) is 4.56. The Kier molecular flexibility index (Phi) is 6.40. The fourth-order valence-electron chi connectivity index (χ4n) is 3.38. The predicted octanol–water partition coefficient (Wildman–Crippen LogP) is 2.10. The van der Waals surface area contributed by atoms with Crippen molar-refractivity contribution < 1.29 is 14.6 Å². The lowest BCUT2D eigenvalue weighted by Crippen LogP contribution is -2.32. The molecule has 3 rings (SSSR count). The summed E-state index contributed by atoms with van der Waals surface area (Å²) in [7, 11) is 0. The standard InChI is InChI=1S/C18H23NO4.ClH/c1-2-19-10-14(20)17(21)13-8-5-9-15-16(13)11-6-3-4-7-12(11)18(22)23-15;/h5,8-9,14,17,19-21H,2-4,6-7,10H2,1H3;1H. The maximum absolute atomic E-state index is 12.1. The summed E-state index contributed by atoms with van der Waals surface area (Å²) >= 11 is 0. The van der Waals surface area contributed by atoms with Gasteiger partial charge in [0.1, 0.15) is 11.7 Å². The normalized spacial score (nSPS) is 16.3.